The van der Waals surface area contributed by atoms with Gasteiger partial charge in [-0.05, 0) is 54.8 Å². The number of hydrogen-bond donors (Lipinski definition) is 5. The average Bonchev–Trinajstić information content (AvgIpc) is 3.08. The first-order valence-corrected chi connectivity index (χ1v) is 14.4. The predicted molar refractivity (Wildman–Crippen MR) is 130 cm³/mol. The molecule has 5 N–H and O–H groups in total. The minimum atomic E-state index is -4.89. The van der Waals surface area contributed by atoms with Gasteiger partial charge in [0, 0.05) is 11.5 Å². The normalized spacial score (nSPS) is 12.9. The Balaban J connectivity index is 1.91. The van der Waals surface area contributed by atoms with E-state index in [0.717, 1.165) is 35.0 Å². The van der Waals surface area contributed by atoms with Crippen LogP contribution in [0.3, 0.4) is 0 Å². The van der Waals surface area contributed by atoms with E-state index in [0.29, 0.717) is 6.07 Å². The van der Waals surface area contributed by atoms with E-state index in [1.807, 2.05) is 0 Å². The quantitative estimate of drug-likeness (QED) is 0.163. The molecular weight excluding hydrogens is 568 g/mol. The highest BCUT2D eigenvalue weighted by atomic mass is 32.2. The van der Waals surface area contributed by atoms with Crippen LogP contribution >= 0.6 is 0 Å². The summed E-state index contributed by atoms with van der Waals surface area (Å²) in [6.07, 6.45) is 0. The molecule has 0 radical (unpaired) electrons. The summed E-state index contributed by atoms with van der Waals surface area (Å²) in [4.78, 5) is 11.3. The van der Waals surface area contributed by atoms with E-state index in [1.54, 1.807) is 0 Å². The van der Waals surface area contributed by atoms with Crippen LogP contribution in [0.5, 0.6) is 5.75 Å². The van der Waals surface area contributed by atoms with Gasteiger partial charge in [-0.3, -0.25) is 23.6 Å². The van der Waals surface area contributed by atoms with E-state index >= 15 is 0 Å². The van der Waals surface area contributed by atoms with Crippen LogP contribution in [0.25, 0.3) is 16.5 Å². The maximum absolute atomic E-state index is 13.2. The Kier molecular flexibility index (Phi) is 6.50. The van der Waals surface area contributed by atoms with E-state index in [4.69, 9.17) is 4.55 Å². The SMILES string of the molecule is Cc1[nH]n(-c2cc(S(=O)(=O)O)cc3cc(S(=O)(=O)O)cc(O)c23)c(=O)c1N=Nc1ccc(S(=O)(=O)O)cc1. The van der Waals surface area contributed by atoms with Gasteiger partial charge in [-0.2, -0.15) is 30.4 Å². The molecule has 0 spiro atoms. The molecule has 18 heteroatoms. The number of aromatic amines is 1. The predicted octanol–water partition coefficient (Wildman–Crippen LogP) is 2.49. The molecule has 0 aliphatic rings. The van der Waals surface area contributed by atoms with E-state index in [-0.39, 0.29) is 38.4 Å². The van der Waals surface area contributed by atoms with Crippen molar-refractivity contribution < 1.29 is 44.0 Å². The van der Waals surface area contributed by atoms with Crippen molar-refractivity contribution in [2.45, 2.75) is 21.6 Å². The molecule has 0 aliphatic heterocycles. The van der Waals surface area contributed by atoms with Gasteiger partial charge >= 0.3 is 0 Å². The van der Waals surface area contributed by atoms with Gasteiger partial charge in [0.2, 0.25) is 0 Å². The summed E-state index contributed by atoms with van der Waals surface area (Å²) in [5, 5.41) is 20.4. The second-order valence-electron chi connectivity index (χ2n) is 7.83. The zero-order valence-electron chi connectivity index (χ0n) is 18.8. The number of hydrogen-bond acceptors (Lipinski definition) is 10. The number of nitrogens with zero attached hydrogens (tertiary/aromatic N) is 3. The third-order valence-electron chi connectivity index (χ3n) is 5.23. The zero-order chi connectivity index (χ0) is 28.2. The van der Waals surface area contributed by atoms with Crippen LogP contribution in [0, 0.1) is 6.92 Å². The Hall–Kier alpha value is -3.94. The molecule has 0 saturated heterocycles. The van der Waals surface area contributed by atoms with Crippen molar-refractivity contribution in [1.82, 2.24) is 9.78 Å². The molecule has 4 rings (SSSR count). The lowest BCUT2D eigenvalue weighted by Gasteiger charge is -2.12. The number of phenolic OH excluding ortho intramolecular Hbond substituents is 1. The van der Waals surface area contributed by atoms with Crippen LogP contribution in [-0.4, -0.2) is 53.8 Å². The lowest BCUT2D eigenvalue weighted by Crippen LogP contribution is -2.15. The number of aromatic hydroxyl groups is 1. The smallest absolute Gasteiger partial charge is 0.299 e. The molecule has 0 fully saturated rings. The van der Waals surface area contributed by atoms with Crippen molar-refractivity contribution in [2.75, 3.05) is 0 Å². The highest BCUT2D eigenvalue weighted by Gasteiger charge is 2.23. The fraction of sp³-hybridized carbons (Fsp3) is 0.0500. The molecule has 200 valence electrons. The number of phenols is 1. The van der Waals surface area contributed by atoms with E-state index in [9.17, 15) is 44.3 Å². The van der Waals surface area contributed by atoms with E-state index in [1.165, 1.54) is 19.1 Å². The van der Waals surface area contributed by atoms with Gasteiger partial charge in [0.15, 0.2) is 5.69 Å². The van der Waals surface area contributed by atoms with Crippen molar-refractivity contribution in [1.29, 1.82) is 0 Å². The standard InChI is InChI=1S/C20H16N4O11S3/c1-10-19(22-21-12-2-4-13(5-3-12)36(27,28)29)20(26)24(23-10)16-8-14(37(30,31)32)6-11-7-15(38(33,34)35)9-17(25)18(11)16/h2-9,23,25H,1H3,(H,27,28,29)(H,30,31,32)(H,33,34,35). The fourth-order valence-corrected chi connectivity index (χ4v) is 5.06. The second kappa shape index (κ2) is 9.11. The number of rotatable bonds is 6. The zero-order valence-corrected chi connectivity index (χ0v) is 21.3. The van der Waals surface area contributed by atoms with Crippen LogP contribution in [0.4, 0.5) is 11.4 Å². The Morgan fingerprint density at radius 2 is 1.29 bits per heavy atom. The first-order valence-electron chi connectivity index (χ1n) is 10.0. The van der Waals surface area contributed by atoms with Gasteiger partial charge in [0.1, 0.15) is 5.75 Å². The molecule has 4 aromatic rings. The molecular formula is C20H16N4O11S3. The minimum absolute atomic E-state index is 0.109. The Morgan fingerprint density at radius 1 is 0.763 bits per heavy atom. The molecule has 38 heavy (non-hydrogen) atoms. The molecule has 0 atom stereocenters. The summed E-state index contributed by atoms with van der Waals surface area (Å²) in [6, 6.07) is 7.73. The summed E-state index contributed by atoms with van der Waals surface area (Å²) >= 11 is 0. The molecule has 0 unspecified atom stereocenters. The number of aryl methyl sites for hydroxylation is 1. The third kappa shape index (κ3) is 5.21. The molecule has 0 saturated carbocycles. The van der Waals surface area contributed by atoms with Crippen molar-refractivity contribution in [3.63, 3.8) is 0 Å². The van der Waals surface area contributed by atoms with Crippen LogP contribution in [0.2, 0.25) is 0 Å². The van der Waals surface area contributed by atoms with Crippen LogP contribution in [0.1, 0.15) is 5.69 Å². The first-order chi connectivity index (χ1) is 17.5. The van der Waals surface area contributed by atoms with Crippen molar-refractivity contribution in [3.05, 3.63) is 64.6 Å². The summed E-state index contributed by atoms with van der Waals surface area (Å²) in [5.74, 6) is -0.742. The highest BCUT2D eigenvalue weighted by Crippen LogP contribution is 2.35. The third-order valence-corrected chi connectivity index (χ3v) is 7.76. The summed E-state index contributed by atoms with van der Waals surface area (Å²) in [5.41, 5.74) is -1.26. The lowest BCUT2D eigenvalue weighted by atomic mass is 10.1. The summed E-state index contributed by atoms with van der Waals surface area (Å²) in [7, 11) is -14.1. The van der Waals surface area contributed by atoms with Gasteiger partial charge in [0.05, 0.1) is 31.8 Å². The molecule has 1 aromatic heterocycles. The number of fused-ring (bicyclic) bond motifs is 1. The van der Waals surface area contributed by atoms with Gasteiger partial charge in [-0.25, -0.2) is 4.68 Å². The molecule has 0 bridgehead atoms. The molecule has 1 heterocycles. The summed E-state index contributed by atoms with van der Waals surface area (Å²) in [6.45, 7) is 1.42. The van der Waals surface area contributed by atoms with Crippen molar-refractivity contribution in [3.8, 4) is 11.4 Å². The Bertz CT molecular complexity index is 2020. The average molecular weight is 585 g/mol. The number of aromatic nitrogens is 2. The topological polar surface area (TPSA) is 246 Å². The highest BCUT2D eigenvalue weighted by molar-refractivity contribution is 7.86. The maximum Gasteiger partial charge on any atom is 0.299 e. The first kappa shape index (κ1) is 27.1. The maximum atomic E-state index is 13.2. The van der Waals surface area contributed by atoms with Crippen molar-refractivity contribution >= 4 is 52.5 Å². The van der Waals surface area contributed by atoms with Crippen LogP contribution in [0.15, 0.2) is 78.2 Å². The lowest BCUT2D eigenvalue weighted by molar-refractivity contribution is 0.470. The van der Waals surface area contributed by atoms with Gasteiger partial charge in [-0.15, -0.1) is 5.11 Å². The number of H-pyrrole nitrogens is 1. The molecule has 15 nitrogen and oxygen atoms in total. The molecule has 3 aromatic carbocycles. The monoisotopic (exact) mass is 584 g/mol. The molecule has 0 amide bonds. The van der Waals surface area contributed by atoms with Gasteiger partial charge in [-0.1, -0.05) is 0 Å². The fourth-order valence-electron chi connectivity index (χ4n) is 3.51. The van der Waals surface area contributed by atoms with Crippen LogP contribution < -0.4 is 5.56 Å². The van der Waals surface area contributed by atoms with Gasteiger partial charge in [0.25, 0.3) is 35.9 Å². The second-order valence-corrected chi connectivity index (χ2v) is 12.1. The largest absolute Gasteiger partial charge is 0.507 e. The number of benzene rings is 3. The van der Waals surface area contributed by atoms with Gasteiger partial charge < -0.3 is 5.11 Å². The molecule has 0 aliphatic carbocycles. The summed E-state index contributed by atoms with van der Waals surface area (Å²) < 4.78 is 98.0. The Labute approximate surface area is 213 Å². The number of azo groups is 1. The van der Waals surface area contributed by atoms with E-state index < -0.39 is 51.5 Å². The number of nitrogens with one attached hydrogen (secondary N) is 1. The minimum Gasteiger partial charge on any atom is -0.507 e. The Morgan fingerprint density at radius 3 is 1.82 bits per heavy atom. The van der Waals surface area contributed by atoms with Crippen LogP contribution in [-0.2, 0) is 30.4 Å². The van der Waals surface area contributed by atoms with E-state index in [2.05, 4.69) is 15.3 Å². The van der Waals surface area contributed by atoms with Crippen molar-refractivity contribution in [2.24, 2.45) is 10.2 Å².